The van der Waals surface area contributed by atoms with E-state index >= 15 is 0 Å². The van der Waals surface area contributed by atoms with Gasteiger partial charge < -0.3 is 55.7 Å². The number of ether oxygens (including phenoxy) is 4. The molecule has 342 valence electrons. The largest absolute Gasteiger partial charge is 0.481 e. The van der Waals surface area contributed by atoms with Crippen molar-refractivity contribution in [3.05, 3.63) is 0 Å². The second-order valence-electron chi connectivity index (χ2n) is 14.3. The van der Waals surface area contributed by atoms with Crippen LogP contribution in [0.4, 0.5) is 0 Å². The first kappa shape index (κ1) is 55.1. The molecule has 7 N–H and O–H groups in total. The zero-order chi connectivity index (χ0) is 43.6. The van der Waals surface area contributed by atoms with E-state index in [-0.39, 0.29) is 121 Å². The minimum atomic E-state index is -1.18. The third-order valence-electron chi connectivity index (χ3n) is 9.00. The van der Waals surface area contributed by atoms with Crippen LogP contribution in [0.1, 0.15) is 135 Å². The van der Waals surface area contributed by atoms with E-state index in [4.69, 9.17) is 24.1 Å². The van der Waals surface area contributed by atoms with Crippen molar-refractivity contribution in [2.75, 3.05) is 79.0 Å². The summed E-state index contributed by atoms with van der Waals surface area (Å²) in [4.78, 5) is 81.4. The van der Waals surface area contributed by atoms with Gasteiger partial charge in [0.25, 0.3) is 0 Å². The van der Waals surface area contributed by atoms with Crippen LogP contribution >= 0.6 is 0 Å². The van der Waals surface area contributed by atoms with Crippen molar-refractivity contribution >= 4 is 41.5 Å². The molecule has 0 rings (SSSR count). The van der Waals surface area contributed by atoms with E-state index in [2.05, 4.69) is 26.6 Å². The highest BCUT2D eigenvalue weighted by Crippen LogP contribution is 2.14. The van der Waals surface area contributed by atoms with Crippen LogP contribution in [0.3, 0.4) is 0 Å². The average molecular weight is 846 g/mol. The van der Waals surface area contributed by atoms with Gasteiger partial charge in [0.15, 0.2) is 0 Å². The summed E-state index contributed by atoms with van der Waals surface area (Å²) in [5.41, 5.74) is 0. The number of carbonyl (C=O) groups excluding carboxylic acids is 5. The van der Waals surface area contributed by atoms with Crippen molar-refractivity contribution in [2.45, 2.75) is 141 Å². The molecule has 0 spiro atoms. The van der Waals surface area contributed by atoms with Gasteiger partial charge in [-0.2, -0.15) is 0 Å². The second kappa shape index (κ2) is 40.9. The predicted molar refractivity (Wildman–Crippen MR) is 221 cm³/mol. The molecule has 0 aliphatic carbocycles. The van der Waals surface area contributed by atoms with Crippen molar-refractivity contribution in [2.24, 2.45) is 0 Å². The first-order chi connectivity index (χ1) is 28.5. The monoisotopic (exact) mass is 846 g/mol. The van der Waals surface area contributed by atoms with Crippen LogP contribution in [-0.4, -0.2) is 137 Å². The standard InChI is InChI=1S/C41H75N5O13/c1-2-35(47)42-22-17-23-43-38(50)32-58-30-29-57-27-25-45-39(51)33-59-31-28-56-26-24-44-36(48)21-20-34(41(54)55)46-37(49)18-15-13-11-9-7-5-3-4-6-8-10-12-14-16-19-40(52)53/h34H,2-33H2,1H3,(H,42,47)(H,43,50)(H,44,48)(H,45,51)(H,46,49)(H,52,53)(H,54,55)/t34-/m0/s1. The van der Waals surface area contributed by atoms with Gasteiger partial charge >= 0.3 is 11.9 Å². The molecule has 1 atom stereocenters. The normalized spacial score (nSPS) is 11.4. The lowest BCUT2D eigenvalue weighted by atomic mass is 10.0. The van der Waals surface area contributed by atoms with Crippen LogP contribution in [0.5, 0.6) is 0 Å². The van der Waals surface area contributed by atoms with E-state index in [0.29, 0.717) is 32.4 Å². The number of carboxylic acid groups (broad SMARTS) is 2. The van der Waals surface area contributed by atoms with Crippen LogP contribution in [0.15, 0.2) is 0 Å². The Kier molecular flexibility index (Phi) is 38.2. The number of amides is 5. The quantitative estimate of drug-likeness (QED) is 0.0437. The Morgan fingerprint density at radius 1 is 0.424 bits per heavy atom. The molecular formula is C41H75N5O13. The fourth-order valence-electron chi connectivity index (χ4n) is 5.64. The molecular weight excluding hydrogens is 770 g/mol. The Labute approximate surface area is 350 Å². The summed E-state index contributed by atoms with van der Waals surface area (Å²) in [6, 6.07) is -1.14. The number of hydrogen-bond acceptors (Lipinski definition) is 11. The first-order valence-electron chi connectivity index (χ1n) is 21.7. The zero-order valence-electron chi connectivity index (χ0n) is 35.6. The smallest absolute Gasteiger partial charge is 0.326 e. The lowest BCUT2D eigenvalue weighted by Crippen LogP contribution is -2.41. The van der Waals surface area contributed by atoms with Gasteiger partial charge in [0.05, 0.1) is 39.6 Å². The molecule has 0 bridgehead atoms. The Morgan fingerprint density at radius 3 is 1.29 bits per heavy atom. The summed E-state index contributed by atoms with van der Waals surface area (Å²) >= 11 is 0. The maximum atomic E-state index is 12.3. The molecule has 0 aliphatic rings. The highest BCUT2D eigenvalue weighted by Gasteiger charge is 2.20. The van der Waals surface area contributed by atoms with Gasteiger partial charge in [-0.3, -0.25) is 28.8 Å². The van der Waals surface area contributed by atoms with Gasteiger partial charge in [-0.15, -0.1) is 0 Å². The van der Waals surface area contributed by atoms with Crippen molar-refractivity contribution in [1.82, 2.24) is 26.6 Å². The summed E-state index contributed by atoms with van der Waals surface area (Å²) in [7, 11) is 0. The SMILES string of the molecule is CCC(=O)NCCCNC(=O)COCCOCCNC(=O)COCCOCCNC(=O)CC[C@H](NC(=O)CCCCCCCCCCCCCCCCC(=O)O)C(=O)O. The number of unbranched alkanes of at least 4 members (excludes halogenated alkanes) is 13. The Bertz CT molecular complexity index is 1150. The Balaban J connectivity index is 3.64. The van der Waals surface area contributed by atoms with E-state index < -0.39 is 18.0 Å². The molecule has 0 fully saturated rings. The van der Waals surface area contributed by atoms with E-state index in [1.807, 2.05) is 0 Å². The van der Waals surface area contributed by atoms with Gasteiger partial charge in [-0.05, 0) is 25.7 Å². The summed E-state index contributed by atoms with van der Waals surface area (Å²) in [5.74, 6) is -3.18. The highest BCUT2D eigenvalue weighted by molar-refractivity contribution is 5.84. The molecule has 0 aromatic carbocycles. The molecule has 0 saturated carbocycles. The molecule has 18 heteroatoms. The molecule has 18 nitrogen and oxygen atoms in total. The van der Waals surface area contributed by atoms with Gasteiger partial charge in [0.1, 0.15) is 19.3 Å². The molecule has 0 saturated heterocycles. The molecule has 0 aromatic rings. The van der Waals surface area contributed by atoms with E-state index in [1.165, 1.54) is 44.9 Å². The van der Waals surface area contributed by atoms with Crippen molar-refractivity contribution in [1.29, 1.82) is 0 Å². The fraction of sp³-hybridized carbons (Fsp3) is 0.829. The number of rotatable bonds is 43. The Morgan fingerprint density at radius 2 is 0.831 bits per heavy atom. The number of hydrogen-bond donors (Lipinski definition) is 7. The first-order valence-corrected chi connectivity index (χ1v) is 21.7. The number of carbonyl (C=O) groups is 7. The summed E-state index contributed by atoms with van der Waals surface area (Å²) in [5, 5.41) is 31.4. The summed E-state index contributed by atoms with van der Waals surface area (Å²) in [6.45, 7) is 4.26. The molecule has 0 unspecified atom stereocenters. The van der Waals surface area contributed by atoms with Crippen molar-refractivity contribution in [3.8, 4) is 0 Å². The van der Waals surface area contributed by atoms with Gasteiger partial charge in [0, 0.05) is 51.9 Å². The van der Waals surface area contributed by atoms with Crippen LogP contribution in [-0.2, 0) is 52.5 Å². The van der Waals surface area contributed by atoms with Crippen LogP contribution < -0.4 is 26.6 Å². The van der Waals surface area contributed by atoms with E-state index in [0.717, 1.165) is 38.5 Å². The fourth-order valence-corrected chi connectivity index (χ4v) is 5.64. The molecule has 0 aromatic heterocycles. The van der Waals surface area contributed by atoms with Crippen LogP contribution in [0, 0.1) is 0 Å². The number of carboxylic acids is 2. The minimum Gasteiger partial charge on any atom is -0.481 e. The maximum absolute atomic E-state index is 12.3. The molecule has 0 aliphatic heterocycles. The average Bonchev–Trinajstić information content (AvgIpc) is 3.20. The van der Waals surface area contributed by atoms with Crippen LogP contribution in [0.2, 0.25) is 0 Å². The highest BCUT2D eigenvalue weighted by atomic mass is 16.5. The third-order valence-corrected chi connectivity index (χ3v) is 9.00. The van der Waals surface area contributed by atoms with E-state index in [9.17, 15) is 38.7 Å². The lowest BCUT2D eigenvalue weighted by Gasteiger charge is -2.14. The number of nitrogens with one attached hydrogen (secondary N) is 5. The molecule has 59 heavy (non-hydrogen) atoms. The zero-order valence-corrected chi connectivity index (χ0v) is 35.6. The minimum absolute atomic E-state index is 0.0261. The van der Waals surface area contributed by atoms with Crippen molar-refractivity contribution < 1.29 is 62.7 Å². The molecule has 0 radical (unpaired) electrons. The maximum Gasteiger partial charge on any atom is 0.326 e. The third kappa shape index (κ3) is 40.7. The second-order valence-corrected chi connectivity index (χ2v) is 14.3. The van der Waals surface area contributed by atoms with Gasteiger partial charge in [-0.1, -0.05) is 84.0 Å². The van der Waals surface area contributed by atoms with Gasteiger partial charge in [0.2, 0.25) is 29.5 Å². The van der Waals surface area contributed by atoms with Gasteiger partial charge in [-0.25, -0.2) is 4.79 Å². The van der Waals surface area contributed by atoms with Crippen molar-refractivity contribution in [3.63, 3.8) is 0 Å². The topological polar surface area (TPSA) is 257 Å². The summed E-state index contributed by atoms with van der Waals surface area (Å²) in [6.07, 6.45) is 16.5. The molecule has 0 heterocycles. The lowest BCUT2D eigenvalue weighted by molar-refractivity contribution is -0.142. The number of aliphatic carboxylic acids is 2. The van der Waals surface area contributed by atoms with Crippen LogP contribution in [0.25, 0.3) is 0 Å². The van der Waals surface area contributed by atoms with E-state index in [1.54, 1.807) is 6.92 Å². The molecule has 5 amide bonds. The Hall–Kier alpha value is -3.87. The summed E-state index contributed by atoms with van der Waals surface area (Å²) < 4.78 is 21.3. The predicted octanol–water partition coefficient (Wildman–Crippen LogP) is 2.99.